The standard InChI is InChI=1S/C16H23N3/c1-11-6-7-12(9-17)13(8-11)14-10-19(5)18-15(14)16(2,3)4/h6-8,10H,9,17H2,1-5H3. The van der Waals surface area contributed by atoms with Crippen LogP contribution in [0.1, 0.15) is 37.6 Å². The number of hydrogen-bond acceptors (Lipinski definition) is 2. The topological polar surface area (TPSA) is 43.8 Å². The Morgan fingerprint density at radius 2 is 1.89 bits per heavy atom. The van der Waals surface area contributed by atoms with Gasteiger partial charge in [-0.25, -0.2) is 0 Å². The molecule has 0 bridgehead atoms. The number of nitrogens with zero attached hydrogens (tertiary/aromatic N) is 2. The number of aromatic nitrogens is 2. The van der Waals surface area contributed by atoms with Crippen LogP contribution >= 0.6 is 0 Å². The van der Waals surface area contributed by atoms with Gasteiger partial charge in [-0.3, -0.25) is 4.68 Å². The molecule has 0 aliphatic heterocycles. The lowest BCUT2D eigenvalue weighted by molar-refractivity contribution is 0.554. The third kappa shape index (κ3) is 2.71. The fourth-order valence-corrected chi connectivity index (χ4v) is 2.36. The monoisotopic (exact) mass is 257 g/mol. The summed E-state index contributed by atoms with van der Waals surface area (Å²) in [4.78, 5) is 0. The quantitative estimate of drug-likeness (QED) is 0.898. The fourth-order valence-electron chi connectivity index (χ4n) is 2.36. The summed E-state index contributed by atoms with van der Waals surface area (Å²) < 4.78 is 1.89. The lowest BCUT2D eigenvalue weighted by atomic mass is 9.86. The van der Waals surface area contributed by atoms with Crippen molar-refractivity contribution in [1.82, 2.24) is 9.78 Å². The predicted molar refractivity (Wildman–Crippen MR) is 80.0 cm³/mol. The highest BCUT2D eigenvalue weighted by Gasteiger charge is 2.23. The normalized spacial score (nSPS) is 11.9. The lowest BCUT2D eigenvalue weighted by Gasteiger charge is -2.19. The summed E-state index contributed by atoms with van der Waals surface area (Å²) in [7, 11) is 1.97. The molecule has 0 aliphatic carbocycles. The number of hydrogen-bond donors (Lipinski definition) is 1. The molecule has 1 aromatic carbocycles. The first-order valence-electron chi connectivity index (χ1n) is 6.67. The van der Waals surface area contributed by atoms with Gasteiger partial charge in [0.05, 0.1) is 5.69 Å². The zero-order valence-corrected chi connectivity index (χ0v) is 12.5. The molecule has 0 saturated heterocycles. The van der Waals surface area contributed by atoms with Crippen molar-refractivity contribution < 1.29 is 0 Å². The van der Waals surface area contributed by atoms with Gasteiger partial charge in [-0.1, -0.05) is 44.5 Å². The Morgan fingerprint density at radius 1 is 1.21 bits per heavy atom. The van der Waals surface area contributed by atoms with Crippen molar-refractivity contribution in [2.45, 2.75) is 39.7 Å². The van der Waals surface area contributed by atoms with Crippen molar-refractivity contribution >= 4 is 0 Å². The number of benzene rings is 1. The van der Waals surface area contributed by atoms with Gasteiger partial charge in [-0.05, 0) is 18.1 Å². The second kappa shape index (κ2) is 4.82. The SMILES string of the molecule is Cc1ccc(CN)c(-c2cn(C)nc2C(C)(C)C)c1. The highest BCUT2D eigenvalue weighted by atomic mass is 15.3. The molecule has 102 valence electrons. The zero-order valence-electron chi connectivity index (χ0n) is 12.5. The molecule has 19 heavy (non-hydrogen) atoms. The molecule has 0 fully saturated rings. The Bertz CT molecular complexity index is 589. The van der Waals surface area contributed by atoms with Gasteiger partial charge in [-0.2, -0.15) is 5.10 Å². The van der Waals surface area contributed by atoms with Crippen LogP contribution in [0.25, 0.3) is 11.1 Å². The average molecular weight is 257 g/mol. The van der Waals surface area contributed by atoms with E-state index in [0.29, 0.717) is 6.54 Å². The molecule has 0 atom stereocenters. The van der Waals surface area contributed by atoms with E-state index in [0.717, 1.165) is 5.69 Å². The second-order valence-corrected chi connectivity index (χ2v) is 6.18. The van der Waals surface area contributed by atoms with Crippen molar-refractivity contribution in [3.8, 4) is 11.1 Å². The van der Waals surface area contributed by atoms with Gasteiger partial charge in [0, 0.05) is 30.8 Å². The van der Waals surface area contributed by atoms with Gasteiger partial charge in [0.1, 0.15) is 0 Å². The predicted octanol–water partition coefficient (Wildman–Crippen LogP) is 3.15. The third-order valence-corrected chi connectivity index (χ3v) is 3.31. The van der Waals surface area contributed by atoms with E-state index in [1.165, 1.54) is 22.3 Å². The minimum atomic E-state index is 0.0200. The summed E-state index contributed by atoms with van der Waals surface area (Å²) >= 11 is 0. The highest BCUT2D eigenvalue weighted by Crippen LogP contribution is 2.34. The third-order valence-electron chi connectivity index (χ3n) is 3.31. The van der Waals surface area contributed by atoms with E-state index in [1.54, 1.807) is 0 Å². The van der Waals surface area contributed by atoms with Crippen molar-refractivity contribution in [3.63, 3.8) is 0 Å². The van der Waals surface area contributed by atoms with Crippen LogP contribution in [0.5, 0.6) is 0 Å². The molecule has 0 unspecified atom stereocenters. The van der Waals surface area contributed by atoms with Crippen LogP contribution in [0, 0.1) is 6.92 Å². The molecule has 0 spiro atoms. The maximum atomic E-state index is 5.88. The summed E-state index contributed by atoms with van der Waals surface area (Å²) in [6, 6.07) is 6.43. The van der Waals surface area contributed by atoms with Crippen molar-refractivity contribution in [2.75, 3.05) is 0 Å². The maximum absolute atomic E-state index is 5.88. The van der Waals surface area contributed by atoms with Crippen LogP contribution in [0.4, 0.5) is 0 Å². The van der Waals surface area contributed by atoms with E-state index in [4.69, 9.17) is 5.73 Å². The molecule has 2 N–H and O–H groups in total. The molecule has 2 rings (SSSR count). The zero-order chi connectivity index (χ0) is 14.2. The fraction of sp³-hybridized carbons (Fsp3) is 0.438. The smallest absolute Gasteiger partial charge is 0.0756 e. The van der Waals surface area contributed by atoms with E-state index in [-0.39, 0.29) is 5.41 Å². The van der Waals surface area contributed by atoms with E-state index in [2.05, 4.69) is 57.2 Å². The van der Waals surface area contributed by atoms with Gasteiger partial charge < -0.3 is 5.73 Å². The van der Waals surface area contributed by atoms with E-state index < -0.39 is 0 Å². The molecule has 3 nitrogen and oxygen atoms in total. The van der Waals surface area contributed by atoms with Gasteiger partial charge in [0.25, 0.3) is 0 Å². The van der Waals surface area contributed by atoms with Crippen LogP contribution in [0.2, 0.25) is 0 Å². The molecule has 0 amide bonds. The molecule has 1 heterocycles. The van der Waals surface area contributed by atoms with Crippen LogP contribution in [-0.2, 0) is 19.0 Å². The Labute approximate surface area is 115 Å². The molecular weight excluding hydrogens is 234 g/mol. The highest BCUT2D eigenvalue weighted by molar-refractivity contribution is 5.70. The Balaban J connectivity index is 2.68. The molecule has 3 heteroatoms. The first kappa shape index (κ1) is 13.8. The van der Waals surface area contributed by atoms with Crippen molar-refractivity contribution in [3.05, 3.63) is 41.2 Å². The Morgan fingerprint density at radius 3 is 2.47 bits per heavy atom. The Kier molecular flexibility index (Phi) is 3.50. The second-order valence-electron chi connectivity index (χ2n) is 6.18. The van der Waals surface area contributed by atoms with Crippen LogP contribution in [0.3, 0.4) is 0 Å². The average Bonchev–Trinajstić information content (AvgIpc) is 2.71. The van der Waals surface area contributed by atoms with Crippen LogP contribution in [-0.4, -0.2) is 9.78 Å². The molecule has 2 aromatic rings. The van der Waals surface area contributed by atoms with E-state index in [9.17, 15) is 0 Å². The van der Waals surface area contributed by atoms with Gasteiger partial charge >= 0.3 is 0 Å². The van der Waals surface area contributed by atoms with Crippen molar-refractivity contribution in [2.24, 2.45) is 12.8 Å². The van der Waals surface area contributed by atoms with Gasteiger partial charge in [-0.15, -0.1) is 0 Å². The number of rotatable bonds is 2. The summed E-state index contributed by atoms with van der Waals surface area (Å²) in [5.74, 6) is 0. The van der Waals surface area contributed by atoms with Crippen LogP contribution in [0.15, 0.2) is 24.4 Å². The summed E-state index contributed by atoms with van der Waals surface area (Å²) in [5.41, 5.74) is 11.8. The van der Waals surface area contributed by atoms with Gasteiger partial charge in [0.2, 0.25) is 0 Å². The van der Waals surface area contributed by atoms with E-state index in [1.807, 2.05) is 11.7 Å². The molecule has 0 saturated carbocycles. The van der Waals surface area contributed by atoms with E-state index >= 15 is 0 Å². The molecule has 0 radical (unpaired) electrons. The first-order chi connectivity index (χ1) is 8.82. The Hall–Kier alpha value is -1.61. The summed E-state index contributed by atoms with van der Waals surface area (Å²) in [5, 5.41) is 4.64. The number of aryl methyl sites for hydroxylation is 2. The van der Waals surface area contributed by atoms with Crippen molar-refractivity contribution in [1.29, 1.82) is 0 Å². The molecular formula is C16H23N3. The van der Waals surface area contributed by atoms with Gasteiger partial charge in [0.15, 0.2) is 0 Å². The maximum Gasteiger partial charge on any atom is 0.0756 e. The largest absolute Gasteiger partial charge is 0.326 e. The first-order valence-corrected chi connectivity index (χ1v) is 6.67. The lowest BCUT2D eigenvalue weighted by Crippen LogP contribution is -2.14. The minimum absolute atomic E-state index is 0.0200. The summed E-state index contributed by atoms with van der Waals surface area (Å²) in [6.07, 6.45) is 2.09. The van der Waals surface area contributed by atoms with Crippen LogP contribution < -0.4 is 5.73 Å². The summed E-state index contributed by atoms with van der Waals surface area (Å²) in [6.45, 7) is 9.23. The molecule has 0 aliphatic rings. The minimum Gasteiger partial charge on any atom is -0.326 e. The molecule has 1 aromatic heterocycles. The number of nitrogens with two attached hydrogens (primary N) is 1.